The van der Waals surface area contributed by atoms with Crippen molar-refractivity contribution in [2.75, 3.05) is 38.7 Å². The summed E-state index contributed by atoms with van der Waals surface area (Å²) in [5.74, 6) is -0.111. The maximum absolute atomic E-state index is 14.1. The quantitative estimate of drug-likeness (QED) is 0.150. The maximum atomic E-state index is 14.1. The van der Waals surface area contributed by atoms with Gasteiger partial charge in [-0.25, -0.2) is 18.8 Å². The molecule has 2 amide bonds. The molecule has 0 spiro atoms. The van der Waals surface area contributed by atoms with Gasteiger partial charge in [0.25, 0.3) is 0 Å². The Hall–Kier alpha value is -4.43. The van der Waals surface area contributed by atoms with E-state index < -0.39 is 29.5 Å². The van der Waals surface area contributed by atoms with E-state index in [2.05, 4.69) is 37.9 Å². The Labute approximate surface area is 296 Å². The van der Waals surface area contributed by atoms with Gasteiger partial charge in [-0.2, -0.15) is 23.5 Å². The van der Waals surface area contributed by atoms with E-state index in [0.717, 1.165) is 45.1 Å². The normalized spacial score (nSPS) is 12.8. The van der Waals surface area contributed by atoms with E-state index in [0.29, 0.717) is 17.8 Å². The minimum Gasteiger partial charge on any atom is -0.344 e. The first kappa shape index (κ1) is 37.4. The number of hydrogen-bond acceptors (Lipinski definition) is 6. The highest BCUT2D eigenvalue weighted by Gasteiger charge is 2.33. The lowest BCUT2D eigenvalue weighted by atomic mass is 10.0. The molecule has 15 heteroatoms. The van der Waals surface area contributed by atoms with Gasteiger partial charge in [0.2, 0.25) is 5.91 Å². The molecule has 0 aliphatic heterocycles. The largest absolute Gasteiger partial charge is 0.416 e. The lowest BCUT2D eigenvalue weighted by Crippen LogP contribution is -2.49. The number of benzene rings is 2. The predicted octanol–water partition coefficient (Wildman–Crippen LogP) is 5.49. The van der Waals surface area contributed by atoms with E-state index in [1.165, 1.54) is 36.9 Å². The van der Waals surface area contributed by atoms with Crippen LogP contribution in [0.2, 0.25) is 0 Å². The molecule has 2 aromatic carbocycles. The van der Waals surface area contributed by atoms with Gasteiger partial charge in [0.15, 0.2) is 0 Å². The van der Waals surface area contributed by atoms with Crippen LogP contribution in [0.15, 0.2) is 65.6 Å². The zero-order valence-electron chi connectivity index (χ0n) is 27.8. The van der Waals surface area contributed by atoms with E-state index in [1.54, 1.807) is 42.3 Å². The molecule has 4 aromatic rings. The molecule has 1 N–H and O–H groups in total. The standard InChI is InChI=1S/C34H38F3IN8O3/c1-22(31(47)43(5)21-25(13-16-38)15-18-42(3)4)41-32(48)45-30(29-14-17-40-46(29)27-11-9-24(20-39)10-12-27)23(2)44(33(45)49)28-8-6-7-26(19-28)34(35,36)37/h6-12,14,17,19,22,25H,13,15-16,18,21H2,1-5H3,(H,41,48)/t22-,25?/m0/s1. The summed E-state index contributed by atoms with van der Waals surface area (Å²) < 4.78 is 45.2. The van der Waals surface area contributed by atoms with Gasteiger partial charge in [-0.15, -0.1) is 0 Å². The van der Waals surface area contributed by atoms with Gasteiger partial charge in [0.1, 0.15) is 11.7 Å². The van der Waals surface area contributed by atoms with Crippen LogP contribution >= 0.6 is 22.6 Å². The number of carbonyl (C=O) groups is 2. The van der Waals surface area contributed by atoms with Crippen molar-refractivity contribution in [3.05, 3.63) is 88.1 Å². The summed E-state index contributed by atoms with van der Waals surface area (Å²) in [4.78, 5) is 45.2. The third-order valence-corrected chi connectivity index (χ3v) is 8.79. The molecule has 0 saturated carbocycles. The summed E-state index contributed by atoms with van der Waals surface area (Å²) in [6.45, 7) is 4.38. The minimum atomic E-state index is -4.67. The number of aromatic nitrogens is 4. The number of hydrogen-bond donors (Lipinski definition) is 1. The Balaban J connectivity index is 1.77. The van der Waals surface area contributed by atoms with Crippen molar-refractivity contribution in [2.45, 2.75) is 38.9 Å². The number of amides is 2. The van der Waals surface area contributed by atoms with Crippen LogP contribution in [0.1, 0.15) is 36.6 Å². The number of rotatable bonds is 12. The number of nitrogens with zero attached hydrogens (tertiary/aromatic N) is 7. The SMILES string of the molecule is Cc1c(-c2ccnn2-c2ccc(C#N)cc2)n(C(=O)N[C@@H](C)C(=O)N(C)CC(CCI)CCN(C)C)c(=O)n1-c1cccc(C(F)(F)F)c1. The first-order valence-corrected chi connectivity index (χ1v) is 17.0. The molecule has 2 heterocycles. The Bertz CT molecular complexity index is 1890. The molecule has 0 radical (unpaired) electrons. The van der Waals surface area contributed by atoms with Crippen molar-refractivity contribution in [3.8, 4) is 28.8 Å². The van der Waals surface area contributed by atoms with Crippen molar-refractivity contribution in [2.24, 2.45) is 5.92 Å². The summed E-state index contributed by atoms with van der Waals surface area (Å²) in [5.41, 5.74) is -0.597. The lowest BCUT2D eigenvalue weighted by molar-refractivity contribution is -0.137. The summed E-state index contributed by atoms with van der Waals surface area (Å²) in [6, 6.07) is 12.3. The van der Waals surface area contributed by atoms with E-state index in [-0.39, 0.29) is 34.6 Å². The van der Waals surface area contributed by atoms with Gasteiger partial charge in [-0.3, -0.25) is 9.36 Å². The zero-order chi connectivity index (χ0) is 36.0. The highest BCUT2D eigenvalue weighted by Crippen LogP contribution is 2.32. The number of likely N-dealkylation sites (N-methyl/N-ethyl adjacent to an activating group) is 1. The van der Waals surface area contributed by atoms with Gasteiger partial charge in [-0.1, -0.05) is 28.7 Å². The molecule has 0 fully saturated rings. The molecular formula is C34H38F3IN8O3. The second kappa shape index (κ2) is 15.9. The third kappa shape index (κ3) is 8.60. The lowest BCUT2D eigenvalue weighted by Gasteiger charge is -2.27. The molecular weight excluding hydrogens is 752 g/mol. The topological polar surface area (TPSA) is 121 Å². The first-order valence-electron chi connectivity index (χ1n) is 15.5. The van der Waals surface area contributed by atoms with Crippen LogP contribution < -0.4 is 11.0 Å². The maximum Gasteiger partial charge on any atom is 0.416 e. The van der Waals surface area contributed by atoms with Crippen molar-refractivity contribution < 1.29 is 22.8 Å². The molecule has 4 rings (SSSR count). The zero-order valence-corrected chi connectivity index (χ0v) is 30.0. The average molecular weight is 791 g/mol. The fourth-order valence-electron chi connectivity index (χ4n) is 5.63. The van der Waals surface area contributed by atoms with Crippen molar-refractivity contribution in [3.63, 3.8) is 0 Å². The fourth-order valence-corrected chi connectivity index (χ4v) is 6.51. The summed E-state index contributed by atoms with van der Waals surface area (Å²) in [7, 11) is 5.65. The van der Waals surface area contributed by atoms with E-state index >= 15 is 0 Å². The number of alkyl halides is 4. The van der Waals surface area contributed by atoms with Crippen molar-refractivity contribution in [1.82, 2.24) is 34.0 Å². The van der Waals surface area contributed by atoms with Gasteiger partial charge >= 0.3 is 17.9 Å². The Morgan fingerprint density at radius 3 is 2.37 bits per heavy atom. The third-order valence-electron chi connectivity index (χ3n) is 8.17. The highest BCUT2D eigenvalue weighted by atomic mass is 127. The molecule has 2 atom stereocenters. The predicted molar refractivity (Wildman–Crippen MR) is 188 cm³/mol. The summed E-state index contributed by atoms with van der Waals surface area (Å²) in [5, 5.41) is 16.2. The first-order chi connectivity index (χ1) is 23.2. The molecule has 260 valence electrons. The number of carbonyl (C=O) groups excluding carboxylic acids is 2. The number of nitriles is 1. The minimum absolute atomic E-state index is 0.0561. The molecule has 0 saturated heterocycles. The molecule has 49 heavy (non-hydrogen) atoms. The second-order valence-electron chi connectivity index (χ2n) is 12.0. The van der Waals surface area contributed by atoms with Crippen LogP contribution in [0, 0.1) is 24.2 Å². The fraction of sp³-hybridized carbons (Fsp3) is 0.382. The molecule has 1 unspecified atom stereocenters. The molecule has 0 aliphatic carbocycles. The Morgan fingerprint density at radius 2 is 1.76 bits per heavy atom. The van der Waals surface area contributed by atoms with Crippen LogP contribution in [0.25, 0.3) is 22.8 Å². The average Bonchev–Trinajstić information content (AvgIpc) is 3.64. The van der Waals surface area contributed by atoms with Crippen molar-refractivity contribution >= 4 is 34.5 Å². The number of nitrogens with one attached hydrogen (secondary N) is 1. The molecule has 2 aromatic heterocycles. The van der Waals surface area contributed by atoms with Gasteiger partial charge < -0.3 is 15.1 Å². The second-order valence-corrected chi connectivity index (χ2v) is 13.1. The highest BCUT2D eigenvalue weighted by molar-refractivity contribution is 14.1. The Kier molecular flexibility index (Phi) is 12.1. The van der Waals surface area contributed by atoms with Gasteiger partial charge in [0, 0.05) is 13.6 Å². The van der Waals surface area contributed by atoms with Crippen LogP contribution in [0.3, 0.4) is 0 Å². The summed E-state index contributed by atoms with van der Waals surface area (Å²) in [6.07, 6.45) is -1.41. The Morgan fingerprint density at radius 1 is 1.06 bits per heavy atom. The smallest absolute Gasteiger partial charge is 0.344 e. The van der Waals surface area contributed by atoms with Crippen LogP contribution in [-0.4, -0.2) is 85.4 Å². The van der Waals surface area contributed by atoms with Crippen LogP contribution in [0.4, 0.5) is 18.0 Å². The molecule has 11 nitrogen and oxygen atoms in total. The van der Waals surface area contributed by atoms with Gasteiger partial charge in [0.05, 0.1) is 46.2 Å². The summed E-state index contributed by atoms with van der Waals surface area (Å²) >= 11 is 2.31. The van der Waals surface area contributed by atoms with E-state index in [4.69, 9.17) is 0 Å². The van der Waals surface area contributed by atoms with E-state index in [9.17, 15) is 32.8 Å². The molecule has 0 bridgehead atoms. The number of imidazole rings is 1. The van der Waals surface area contributed by atoms with Crippen molar-refractivity contribution in [1.29, 1.82) is 5.26 Å². The number of halogens is 4. The van der Waals surface area contributed by atoms with E-state index in [1.807, 2.05) is 20.2 Å². The van der Waals surface area contributed by atoms with Crippen LogP contribution in [0.5, 0.6) is 0 Å². The molecule has 0 aliphatic rings. The monoisotopic (exact) mass is 790 g/mol. The van der Waals surface area contributed by atoms with Crippen LogP contribution in [-0.2, 0) is 11.0 Å². The van der Waals surface area contributed by atoms with Gasteiger partial charge in [-0.05, 0) is 106 Å².